The van der Waals surface area contributed by atoms with E-state index in [1.807, 2.05) is 60.9 Å². The quantitative estimate of drug-likeness (QED) is 0.375. The minimum Gasteiger partial charge on any atom is -0.321 e. The van der Waals surface area contributed by atoms with Gasteiger partial charge in [0.05, 0.1) is 0 Å². The Balaban J connectivity index is 1.76. The standard InChI is InChI=1S/C27H28N4/c1-3-27(28,4-2)25-18-12-11-17-24(25)21-19-29-26(30-20-21)31(22-13-7-5-8-14-22)23-15-9-6-10-16-23/h5-20H,3-4,28H2,1-2H3. The van der Waals surface area contributed by atoms with Crippen LogP contribution in [0.5, 0.6) is 0 Å². The summed E-state index contributed by atoms with van der Waals surface area (Å²) in [7, 11) is 0. The summed E-state index contributed by atoms with van der Waals surface area (Å²) in [4.78, 5) is 11.6. The van der Waals surface area contributed by atoms with E-state index in [0.29, 0.717) is 5.95 Å². The Bertz CT molecular complexity index is 1070. The van der Waals surface area contributed by atoms with E-state index in [1.165, 1.54) is 0 Å². The number of benzene rings is 3. The molecule has 2 N–H and O–H groups in total. The average molecular weight is 409 g/mol. The van der Waals surface area contributed by atoms with E-state index >= 15 is 0 Å². The first-order valence-electron chi connectivity index (χ1n) is 10.8. The molecule has 0 bridgehead atoms. The van der Waals surface area contributed by atoms with Gasteiger partial charge in [0.1, 0.15) is 0 Å². The summed E-state index contributed by atoms with van der Waals surface area (Å²) in [5.41, 5.74) is 11.6. The van der Waals surface area contributed by atoms with E-state index in [0.717, 1.165) is 40.9 Å². The van der Waals surface area contributed by atoms with Crippen LogP contribution in [0.25, 0.3) is 11.1 Å². The van der Waals surface area contributed by atoms with Gasteiger partial charge < -0.3 is 5.73 Å². The number of anilines is 3. The zero-order chi connectivity index (χ0) is 21.7. The molecular formula is C27H28N4. The Morgan fingerprint density at radius 2 is 1.19 bits per heavy atom. The van der Waals surface area contributed by atoms with Gasteiger partial charge in [0.25, 0.3) is 0 Å². The molecule has 0 saturated heterocycles. The van der Waals surface area contributed by atoms with Crippen molar-refractivity contribution < 1.29 is 0 Å². The molecule has 0 radical (unpaired) electrons. The molecule has 0 spiro atoms. The van der Waals surface area contributed by atoms with Gasteiger partial charge in [-0.2, -0.15) is 0 Å². The maximum absolute atomic E-state index is 6.74. The lowest BCUT2D eigenvalue weighted by atomic mass is 9.82. The third-order valence-electron chi connectivity index (χ3n) is 5.90. The van der Waals surface area contributed by atoms with Gasteiger partial charge in [-0.1, -0.05) is 74.5 Å². The van der Waals surface area contributed by atoms with Crippen molar-refractivity contribution in [2.45, 2.75) is 32.2 Å². The Labute approximate surface area is 184 Å². The van der Waals surface area contributed by atoms with Crippen LogP contribution in [0.4, 0.5) is 17.3 Å². The Kier molecular flexibility index (Phi) is 6.10. The number of nitrogens with two attached hydrogens (primary N) is 1. The summed E-state index contributed by atoms with van der Waals surface area (Å²) in [6.07, 6.45) is 5.53. The highest BCUT2D eigenvalue weighted by atomic mass is 15.3. The maximum Gasteiger partial charge on any atom is 0.234 e. The molecule has 0 saturated carbocycles. The second-order valence-corrected chi connectivity index (χ2v) is 7.69. The highest BCUT2D eigenvalue weighted by Crippen LogP contribution is 2.36. The van der Waals surface area contributed by atoms with Crippen LogP contribution >= 0.6 is 0 Å². The molecule has 4 nitrogen and oxygen atoms in total. The van der Waals surface area contributed by atoms with Crippen molar-refractivity contribution in [2.24, 2.45) is 5.73 Å². The maximum atomic E-state index is 6.74. The Hall–Kier alpha value is -3.50. The van der Waals surface area contributed by atoms with E-state index in [-0.39, 0.29) is 5.54 Å². The van der Waals surface area contributed by atoms with E-state index in [2.05, 4.69) is 55.1 Å². The zero-order valence-corrected chi connectivity index (χ0v) is 18.1. The lowest BCUT2D eigenvalue weighted by molar-refractivity contribution is 0.414. The molecule has 3 aromatic carbocycles. The molecule has 1 heterocycles. The summed E-state index contributed by atoms with van der Waals surface area (Å²) in [5.74, 6) is 0.628. The molecule has 4 heteroatoms. The Morgan fingerprint density at radius 3 is 1.71 bits per heavy atom. The van der Waals surface area contributed by atoms with Gasteiger partial charge in [0, 0.05) is 34.9 Å². The lowest BCUT2D eigenvalue weighted by Crippen LogP contribution is -2.35. The second-order valence-electron chi connectivity index (χ2n) is 7.69. The van der Waals surface area contributed by atoms with Crippen molar-refractivity contribution in [3.05, 3.63) is 103 Å². The van der Waals surface area contributed by atoms with Gasteiger partial charge >= 0.3 is 0 Å². The molecule has 31 heavy (non-hydrogen) atoms. The first kappa shape index (κ1) is 20.8. The molecule has 0 aliphatic carbocycles. The number of rotatable bonds is 7. The molecule has 1 aromatic heterocycles. The van der Waals surface area contributed by atoms with Gasteiger partial charge in [-0.3, -0.25) is 4.90 Å². The van der Waals surface area contributed by atoms with Crippen LogP contribution in [0.15, 0.2) is 97.3 Å². The molecule has 0 aliphatic rings. The molecule has 0 fully saturated rings. The third-order valence-corrected chi connectivity index (χ3v) is 5.90. The number of para-hydroxylation sites is 2. The first-order valence-corrected chi connectivity index (χ1v) is 10.8. The van der Waals surface area contributed by atoms with E-state index in [4.69, 9.17) is 15.7 Å². The monoisotopic (exact) mass is 408 g/mol. The summed E-state index contributed by atoms with van der Waals surface area (Å²) >= 11 is 0. The average Bonchev–Trinajstić information content (AvgIpc) is 2.85. The molecule has 0 aliphatic heterocycles. The molecule has 156 valence electrons. The number of hydrogen-bond acceptors (Lipinski definition) is 4. The van der Waals surface area contributed by atoms with Crippen LogP contribution in [0, 0.1) is 0 Å². The number of aromatic nitrogens is 2. The van der Waals surface area contributed by atoms with Crippen molar-refractivity contribution in [3.63, 3.8) is 0 Å². The topological polar surface area (TPSA) is 55.0 Å². The smallest absolute Gasteiger partial charge is 0.234 e. The minimum atomic E-state index is -0.366. The molecule has 0 amide bonds. The summed E-state index contributed by atoms with van der Waals surface area (Å²) in [5, 5.41) is 0. The van der Waals surface area contributed by atoms with Crippen LogP contribution in [0.1, 0.15) is 32.3 Å². The molecular weight excluding hydrogens is 380 g/mol. The lowest BCUT2D eigenvalue weighted by Gasteiger charge is -2.30. The van der Waals surface area contributed by atoms with Crippen LogP contribution in [-0.4, -0.2) is 9.97 Å². The largest absolute Gasteiger partial charge is 0.321 e. The highest BCUT2D eigenvalue weighted by molar-refractivity contribution is 5.73. The second kappa shape index (κ2) is 9.11. The molecule has 0 unspecified atom stereocenters. The van der Waals surface area contributed by atoms with Crippen molar-refractivity contribution in [3.8, 4) is 11.1 Å². The molecule has 0 atom stereocenters. The van der Waals surface area contributed by atoms with Crippen LogP contribution in [0.2, 0.25) is 0 Å². The van der Waals surface area contributed by atoms with Crippen molar-refractivity contribution in [2.75, 3.05) is 4.90 Å². The van der Waals surface area contributed by atoms with E-state index in [9.17, 15) is 0 Å². The first-order chi connectivity index (χ1) is 15.2. The normalized spacial score (nSPS) is 11.3. The van der Waals surface area contributed by atoms with Crippen LogP contribution in [0.3, 0.4) is 0 Å². The fourth-order valence-corrected chi connectivity index (χ4v) is 3.91. The summed E-state index contributed by atoms with van der Waals surface area (Å²) in [6.45, 7) is 4.27. The SMILES string of the molecule is CCC(N)(CC)c1ccccc1-c1cnc(N(c2ccccc2)c2ccccc2)nc1. The van der Waals surface area contributed by atoms with Crippen molar-refractivity contribution in [1.82, 2.24) is 9.97 Å². The van der Waals surface area contributed by atoms with Crippen LogP contribution in [-0.2, 0) is 5.54 Å². The predicted molar refractivity (Wildman–Crippen MR) is 129 cm³/mol. The third kappa shape index (κ3) is 4.21. The predicted octanol–water partition coefficient (Wildman–Crippen LogP) is 6.59. The van der Waals surface area contributed by atoms with E-state index < -0.39 is 0 Å². The van der Waals surface area contributed by atoms with Gasteiger partial charge in [-0.25, -0.2) is 9.97 Å². The van der Waals surface area contributed by atoms with Crippen molar-refractivity contribution >= 4 is 17.3 Å². The zero-order valence-electron chi connectivity index (χ0n) is 18.1. The number of hydrogen-bond donors (Lipinski definition) is 1. The van der Waals surface area contributed by atoms with Crippen molar-refractivity contribution in [1.29, 1.82) is 0 Å². The number of nitrogens with zero attached hydrogens (tertiary/aromatic N) is 3. The highest BCUT2D eigenvalue weighted by Gasteiger charge is 2.26. The van der Waals surface area contributed by atoms with Gasteiger partial charge in [0.15, 0.2) is 0 Å². The summed E-state index contributed by atoms with van der Waals surface area (Å²) in [6, 6.07) is 28.7. The fraction of sp³-hybridized carbons (Fsp3) is 0.185. The van der Waals surface area contributed by atoms with Gasteiger partial charge in [-0.05, 0) is 48.2 Å². The minimum absolute atomic E-state index is 0.366. The summed E-state index contributed by atoms with van der Waals surface area (Å²) < 4.78 is 0. The Morgan fingerprint density at radius 1 is 0.710 bits per heavy atom. The van der Waals surface area contributed by atoms with Gasteiger partial charge in [0.2, 0.25) is 5.95 Å². The molecule has 4 aromatic rings. The fourth-order valence-electron chi connectivity index (χ4n) is 3.91. The van der Waals surface area contributed by atoms with Gasteiger partial charge in [-0.15, -0.1) is 0 Å². The van der Waals surface area contributed by atoms with Crippen LogP contribution < -0.4 is 10.6 Å². The molecule has 4 rings (SSSR count). The van der Waals surface area contributed by atoms with E-state index in [1.54, 1.807) is 0 Å².